The molecule has 0 bridgehead atoms. The molecule has 18 heavy (non-hydrogen) atoms. The number of allylic oxidation sites excluding steroid dienone is 2. The molecule has 2 aliphatic carbocycles. The molecule has 3 rings (SSSR count). The molecule has 2 atom stereocenters. The first-order valence-electron chi connectivity index (χ1n) is 6.88. The maximum Gasteiger partial charge on any atom is 0.111 e. The van der Waals surface area contributed by atoms with Gasteiger partial charge in [0.05, 0.1) is 11.9 Å². The second kappa shape index (κ2) is 3.53. The summed E-state index contributed by atoms with van der Waals surface area (Å²) in [6, 6.07) is 0. The van der Waals surface area contributed by atoms with Gasteiger partial charge in [0.2, 0.25) is 0 Å². The number of rotatable bonds is 0. The molecular weight excluding hydrogens is 228 g/mol. The first-order valence-corrected chi connectivity index (χ1v) is 6.88. The molecule has 0 radical (unpaired) electrons. The van der Waals surface area contributed by atoms with Crippen molar-refractivity contribution in [3.63, 3.8) is 0 Å². The Balaban J connectivity index is 2.06. The van der Waals surface area contributed by atoms with Crippen molar-refractivity contribution in [2.45, 2.75) is 58.2 Å². The lowest BCUT2D eigenvalue weighted by Crippen LogP contribution is -2.50. The molecule has 2 N–H and O–H groups in total. The van der Waals surface area contributed by atoms with E-state index in [0.717, 1.165) is 24.2 Å². The molecule has 0 amide bonds. The van der Waals surface area contributed by atoms with E-state index in [1.807, 2.05) is 6.92 Å². The summed E-state index contributed by atoms with van der Waals surface area (Å²) in [6.45, 7) is 6.18. The third kappa shape index (κ3) is 1.46. The molecule has 0 saturated heterocycles. The minimum absolute atomic E-state index is 0.0266. The van der Waals surface area contributed by atoms with Crippen LogP contribution >= 0.6 is 0 Å². The smallest absolute Gasteiger partial charge is 0.111 e. The first-order chi connectivity index (χ1) is 8.36. The van der Waals surface area contributed by atoms with Gasteiger partial charge in [0.25, 0.3) is 0 Å². The summed E-state index contributed by atoms with van der Waals surface area (Å²) >= 11 is 0. The molecule has 1 saturated carbocycles. The Bertz CT molecular complexity index is 441. The quantitative estimate of drug-likeness (QED) is 0.694. The largest absolute Gasteiger partial charge is 0.512 e. The second-order valence-corrected chi connectivity index (χ2v) is 6.66. The van der Waals surface area contributed by atoms with Gasteiger partial charge in [0.15, 0.2) is 0 Å². The average molecular weight is 250 g/mol. The van der Waals surface area contributed by atoms with Crippen molar-refractivity contribution in [2.24, 2.45) is 11.3 Å². The van der Waals surface area contributed by atoms with E-state index in [0.29, 0.717) is 12.2 Å². The van der Waals surface area contributed by atoms with Crippen molar-refractivity contribution in [3.8, 4) is 0 Å². The standard InChI is InChI=1S/C15H22O3/c1-9-11(16)7-10-12(17)8-15(5-4-6-15)18-13(10)14(9,2)3/h7,9,12,16-17H,4-6,8H2,1-3H3. The molecule has 1 spiro atoms. The van der Waals surface area contributed by atoms with E-state index < -0.39 is 6.10 Å². The van der Waals surface area contributed by atoms with Crippen LogP contribution in [-0.4, -0.2) is 21.9 Å². The Morgan fingerprint density at radius 3 is 2.56 bits per heavy atom. The van der Waals surface area contributed by atoms with E-state index in [1.165, 1.54) is 6.42 Å². The van der Waals surface area contributed by atoms with Gasteiger partial charge in [-0.1, -0.05) is 20.8 Å². The minimum Gasteiger partial charge on any atom is -0.512 e. The normalized spacial score (nSPS) is 36.6. The van der Waals surface area contributed by atoms with Crippen molar-refractivity contribution >= 4 is 0 Å². The van der Waals surface area contributed by atoms with E-state index in [9.17, 15) is 10.2 Å². The fraction of sp³-hybridized carbons (Fsp3) is 0.733. The highest BCUT2D eigenvalue weighted by atomic mass is 16.5. The van der Waals surface area contributed by atoms with Crippen molar-refractivity contribution in [3.05, 3.63) is 23.2 Å². The lowest BCUT2D eigenvalue weighted by atomic mass is 9.67. The van der Waals surface area contributed by atoms with Crippen LogP contribution in [0.15, 0.2) is 23.2 Å². The summed E-state index contributed by atoms with van der Waals surface area (Å²) in [6.07, 6.45) is 5.15. The number of aliphatic hydroxyl groups is 2. The van der Waals surface area contributed by atoms with Crippen LogP contribution in [0.25, 0.3) is 0 Å². The predicted octanol–water partition coefficient (Wildman–Crippen LogP) is 3.06. The van der Waals surface area contributed by atoms with Crippen LogP contribution in [0.1, 0.15) is 46.5 Å². The number of hydrogen-bond acceptors (Lipinski definition) is 3. The molecule has 1 heterocycles. The third-order valence-corrected chi connectivity index (χ3v) is 5.18. The number of ether oxygens (including phenoxy) is 1. The molecule has 0 aromatic carbocycles. The molecule has 1 aliphatic heterocycles. The maximum absolute atomic E-state index is 10.3. The molecular formula is C15H22O3. The van der Waals surface area contributed by atoms with E-state index in [4.69, 9.17) is 4.74 Å². The maximum atomic E-state index is 10.3. The van der Waals surface area contributed by atoms with Gasteiger partial charge in [-0.3, -0.25) is 0 Å². The zero-order chi connectivity index (χ0) is 13.1. The highest BCUT2D eigenvalue weighted by Crippen LogP contribution is 2.54. The minimum atomic E-state index is -0.497. The molecule has 1 fully saturated rings. The third-order valence-electron chi connectivity index (χ3n) is 5.18. The van der Waals surface area contributed by atoms with E-state index in [1.54, 1.807) is 6.08 Å². The molecule has 100 valence electrons. The summed E-state index contributed by atoms with van der Waals surface area (Å²) < 4.78 is 6.28. The van der Waals surface area contributed by atoms with Gasteiger partial charge in [-0.15, -0.1) is 0 Å². The summed E-state index contributed by atoms with van der Waals surface area (Å²) in [4.78, 5) is 0. The van der Waals surface area contributed by atoms with Gasteiger partial charge in [-0.05, 0) is 25.3 Å². The Hall–Kier alpha value is -0.960. The van der Waals surface area contributed by atoms with Crippen LogP contribution in [0.4, 0.5) is 0 Å². The molecule has 3 aliphatic rings. The topological polar surface area (TPSA) is 49.7 Å². The van der Waals surface area contributed by atoms with Crippen molar-refractivity contribution in [2.75, 3.05) is 0 Å². The van der Waals surface area contributed by atoms with Crippen LogP contribution in [0.2, 0.25) is 0 Å². The Labute approximate surface area is 108 Å². The average Bonchev–Trinajstić information content (AvgIpc) is 2.26. The fourth-order valence-corrected chi connectivity index (χ4v) is 3.32. The van der Waals surface area contributed by atoms with Crippen LogP contribution in [0, 0.1) is 11.3 Å². The van der Waals surface area contributed by atoms with Crippen LogP contribution in [0.5, 0.6) is 0 Å². The Morgan fingerprint density at radius 2 is 2.00 bits per heavy atom. The highest BCUT2D eigenvalue weighted by Gasteiger charge is 2.51. The first kappa shape index (κ1) is 12.1. The lowest BCUT2D eigenvalue weighted by Gasteiger charge is -2.52. The van der Waals surface area contributed by atoms with Gasteiger partial charge in [0, 0.05) is 23.3 Å². The number of hydrogen-bond donors (Lipinski definition) is 2. The molecule has 3 nitrogen and oxygen atoms in total. The second-order valence-electron chi connectivity index (χ2n) is 6.66. The summed E-state index contributed by atoms with van der Waals surface area (Å²) in [5, 5.41) is 20.4. The summed E-state index contributed by atoms with van der Waals surface area (Å²) in [7, 11) is 0. The van der Waals surface area contributed by atoms with E-state index in [-0.39, 0.29) is 16.9 Å². The summed E-state index contributed by atoms with van der Waals surface area (Å²) in [5.41, 5.74) is 0.405. The van der Waals surface area contributed by atoms with Crippen molar-refractivity contribution in [1.29, 1.82) is 0 Å². The lowest BCUT2D eigenvalue weighted by molar-refractivity contribution is -0.125. The van der Waals surface area contributed by atoms with Gasteiger partial charge >= 0.3 is 0 Å². The van der Waals surface area contributed by atoms with Gasteiger partial charge in [-0.2, -0.15) is 0 Å². The van der Waals surface area contributed by atoms with Gasteiger partial charge < -0.3 is 14.9 Å². The SMILES string of the molecule is CC1C(O)=CC2=C(OC3(CCC3)CC2O)C1(C)C. The monoisotopic (exact) mass is 250 g/mol. The Morgan fingerprint density at radius 1 is 1.33 bits per heavy atom. The van der Waals surface area contributed by atoms with Crippen molar-refractivity contribution in [1.82, 2.24) is 0 Å². The fourth-order valence-electron chi connectivity index (χ4n) is 3.32. The molecule has 2 unspecified atom stereocenters. The van der Waals surface area contributed by atoms with E-state index >= 15 is 0 Å². The van der Waals surface area contributed by atoms with Crippen LogP contribution in [0.3, 0.4) is 0 Å². The number of aliphatic hydroxyl groups excluding tert-OH is 2. The zero-order valence-electron chi connectivity index (χ0n) is 11.4. The van der Waals surface area contributed by atoms with Gasteiger partial charge in [0.1, 0.15) is 11.4 Å². The summed E-state index contributed by atoms with van der Waals surface area (Å²) in [5.74, 6) is 1.27. The zero-order valence-corrected chi connectivity index (χ0v) is 11.4. The van der Waals surface area contributed by atoms with E-state index in [2.05, 4.69) is 13.8 Å². The Kier molecular flexibility index (Phi) is 2.37. The molecule has 0 aromatic rings. The van der Waals surface area contributed by atoms with Gasteiger partial charge in [-0.25, -0.2) is 0 Å². The van der Waals surface area contributed by atoms with Crippen LogP contribution < -0.4 is 0 Å². The highest BCUT2D eigenvalue weighted by molar-refractivity contribution is 5.39. The molecule has 0 aromatic heterocycles. The predicted molar refractivity (Wildman–Crippen MR) is 69.0 cm³/mol. The van der Waals surface area contributed by atoms with Crippen molar-refractivity contribution < 1.29 is 14.9 Å². The van der Waals surface area contributed by atoms with Crippen LogP contribution in [-0.2, 0) is 4.74 Å². The molecule has 3 heteroatoms.